The molecule has 2 N–H and O–H groups in total. The van der Waals surface area contributed by atoms with Gasteiger partial charge in [-0.3, -0.25) is 9.63 Å². The lowest BCUT2D eigenvalue weighted by molar-refractivity contribution is -0.144. The van der Waals surface area contributed by atoms with Crippen molar-refractivity contribution in [1.29, 1.82) is 0 Å². The van der Waals surface area contributed by atoms with E-state index < -0.39 is 0 Å². The molecule has 0 spiro atoms. The van der Waals surface area contributed by atoms with Gasteiger partial charge in [0.25, 0.3) is 5.91 Å². The molecule has 1 amide bonds. The predicted molar refractivity (Wildman–Crippen MR) is 62.1 cm³/mol. The van der Waals surface area contributed by atoms with Gasteiger partial charge in [0.15, 0.2) is 0 Å². The van der Waals surface area contributed by atoms with Crippen LogP contribution in [0.15, 0.2) is 18.2 Å². The lowest BCUT2D eigenvalue weighted by Crippen LogP contribution is -2.35. The van der Waals surface area contributed by atoms with E-state index in [9.17, 15) is 4.79 Å². The van der Waals surface area contributed by atoms with Gasteiger partial charge >= 0.3 is 0 Å². The fourth-order valence-corrected chi connectivity index (χ4v) is 1.74. The molecule has 0 radical (unpaired) electrons. The molecule has 2 rings (SSSR count). The van der Waals surface area contributed by atoms with Crippen LogP contribution in [0.1, 0.15) is 23.2 Å². The van der Waals surface area contributed by atoms with Crippen molar-refractivity contribution in [2.45, 2.75) is 12.8 Å². The van der Waals surface area contributed by atoms with E-state index in [-0.39, 0.29) is 5.91 Å². The summed E-state index contributed by atoms with van der Waals surface area (Å²) in [4.78, 5) is 17.2. The number of hydrogen-bond donors (Lipinski definition) is 1. The van der Waals surface area contributed by atoms with E-state index in [2.05, 4.69) is 0 Å². The fourth-order valence-electron chi connectivity index (χ4n) is 1.56. The lowest BCUT2D eigenvalue weighted by Gasteiger charge is -2.25. The maximum atomic E-state index is 12.0. The molecular weight excluding hydrogens is 228 g/mol. The number of carbonyl (C=O) groups is 1. The van der Waals surface area contributed by atoms with Crippen LogP contribution in [0.4, 0.5) is 5.69 Å². The number of carbonyl (C=O) groups excluding carboxylic acids is 1. The Balaban J connectivity index is 2.16. The van der Waals surface area contributed by atoms with E-state index in [1.165, 1.54) is 5.06 Å². The van der Waals surface area contributed by atoms with Gasteiger partial charge in [0.2, 0.25) is 0 Å². The van der Waals surface area contributed by atoms with Gasteiger partial charge in [-0.05, 0) is 31.0 Å². The van der Waals surface area contributed by atoms with E-state index in [0.29, 0.717) is 29.4 Å². The molecule has 0 aliphatic carbocycles. The minimum absolute atomic E-state index is 0.165. The van der Waals surface area contributed by atoms with Crippen molar-refractivity contribution in [2.24, 2.45) is 0 Å². The maximum absolute atomic E-state index is 12.0. The zero-order valence-electron chi connectivity index (χ0n) is 8.78. The minimum Gasteiger partial charge on any atom is -0.398 e. The van der Waals surface area contributed by atoms with Crippen molar-refractivity contribution in [1.82, 2.24) is 5.06 Å². The average Bonchev–Trinajstić information content (AvgIpc) is 2.33. The van der Waals surface area contributed by atoms with Crippen LogP contribution in [0.25, 0.3) is 0 Å². The normalized spacial score (nSPS) is 16.2. The Kier molecular flexibility index (Phi) is 3.31. The Morgan fingerprint density at radius 1 is 1.44 bits per heavy atom. The maximum Gasteiger partial charge on any atom is 0.277 e. The second-order valence-corrected chi connectivity index (χ2v) is 4.09. The highest BCUT2D eigenvalue weighted by molar-refractivity contribution is 6.33. The predicted octanol–water partition coefficient (Wildman–Crippen LogP) is 2.09. The van der Waals surface area contributed by atoms with E-state index in [1.54, 1.807) is 18.2 Å². The second kappa shape index (κ2) is 4.72. The van der Waals surface area contributed by atoms with Gasteiger partial charge < -0.3 is 5.73 Å². The Bertz CT molecular complexity index is 403. The molecule has 1 aromatic carbocycles. The van der Waals surface area contributed by atoms with E-state index in [1.807, 2.05) is 0 Å². The lowest BCUT2D eigenvalue weighted by atomic mass is 10.2. The van der Waals surface area contributed by atoms with E-state index in [4.69, 9.17) is 22.2 Å². The first-order valence-corrected chi connectivity index (χ1v) is 5.56. The SMILES string of the molecule is Nc1ccc(C(=O)N2CCCCO2)cc1Cl. The molecule has 1 aliphatic rings. The van der Waals surface area contributed by atoms with E-state index in [0.717, 1.165) is 12.8 Å². The number of nitrogens with zero attached hydrogens (tertiary/aromatic N) is 1. The van der Waals surface area contributed by atoms with Crippen LogP contribution in [0.5, 0.6) is 0 Å². The monoisotopic (exact) mass is 240 g/mol. The van der Waals surface area contributed by atoms with Gasteiger partial charge in [0, 0.05) is 12.1 Å². The van der Waals surface area contributed by atoms with Gasteiger partial charge in [-0.2, -0.15) is 0 Å². The number of benzene rings is 1. The standard InChI is InChI=1S/C11H13ClN2O2/c12-9-7-8(3-4-10(9)13)11(15)14-5-1-2-6-16-14/h3-4,7H,1-2,5-6,13H2. The third kappa shape index (κ3) is 2.28. The first kappa shape index (κ1) is 11.2. The van der Waals surface area contributed by atoms with Crippen LogP contribution < -0.4 is 5.73 Å². The second-order valence-electron chi connectivity index (χ2n) is 3.68. The topological polar surface area (TPSA) is 55.6 Å². The first-order valence-electron chi connectivity index (χ1n) is 5.18. The van der Waals surface area contributed by atoms with E-state index >= 15 is 0 Å². The molecule has 4 nitrogen and oxygen atoms in total. The summed E-state index contributed by atoms with van der Waals surface area (Å²) in [6, 6.07) is 4.85. The molecule has 0 atom stereocenters. The van der Waals surface area contributed by atoms with Crippen LogP contribution in [0.2, 0.25) is 5.02 Å². The van der Waals surface area contributed by atoms with Crippen molar-refractivity contribution in [2.75, 3.05) is 18.9 Å². The van der Waals surface area contributed by atoms with Crippen LogP contribution in [-0.4, -0.2) is 24.1 Å². The smallest absolute Gasteiger partial charge is 0.277 e. The Morgan fingerprint density at radius 2 is 2.25 bits per heavy atom. The van der Waals surface area contributed by atoms with Crippen LogP contribution >= 0.6 is 11.6 Å². The summed E-state index contributed by atoms with van der Waals surface area (Å²) in [5.74, 6) is -0.165. The molecule has 0 bridgehead atoms. The third-order valence-electron chi connectivity index (χ3n) is 2.48. The van der Waals surface area contributed by atoms with Gasteiger partial charge in [0.1, 0.15) is 0 Å². The van der Waals surface area contributed by atoms with Crippen LogP contribution in [0.3, 0.4) is 0 Å². The number of nitrogen functional groups attached to an aromatic ring is 1. The summed E-state index contributed by atoms with van der Waals surface area (Å²) in [5.41, 5.74) is 6.55. The number of rotatable bonds is 1. The Labute approximate surface area is 98.9 Å². The van der Waals surface area contributed by atoms with Crippen molar-refractivity contribution in [3.63, 3.8) is 0 Å². The third-order valence-corrected chi connectivity index (χ3v) is 2.80. The number of hydroxylamine groups is 2. The molecule has 86 valence electrons. The zero-order chi connectivity index (χ0) is 11.5. The minimum atomic E-state index is -0.165. The fraction of sp³-hybridized carbons (Fsp3) is 0.364. The summed E-state index contributed by atoms with van der Waals surface area (Å²) in [6.07, 6.45) is 1.96. The summed E-state index contributed by atoms with van der Waals surface area (Å²) >= 11 is 5.86. The largest absolute Gasteiger partial charge is 0.398 e. The van der Waals surface area contributed by atoms with Crippen molar-refractivity contribution >= 4 is 23.2 Å². The average molecular weight is 241 g/mol. The van der Waals surface area contributed by atoms with Gasteiger partial charge in [0.05, 0.1) is 17.3 Å². The van der Waals surface area contributed by atoms with Crippen LogP contribution in [-0.2, 0) is 4.84 Å². The molecule has 0 aromatic heterocycles. The molecule has 1 saturated heterocycles. The van der Waals surface area contributed by atoms with Gasteiger partial charge in [-0.1, -0.05) is 11.6 Å². The first-order chi connectivity index (χ1) is 7.68. The van der Waals surface area contributed by atoms with Gasteiger partial charge in [-0.25, -0.2) is 5.06 Å². The van der Waals surface area contributed by atoms with Crippen molar-refractivity contribution < 1.29 is 9.63 Å². The summed E-state index contributed by atoms with van der Waals surface area (Å²) in [5, 5.41) is 1.77. The van der Waals surface area contributed by atoms with Gasteiger partial charge in [-0.15, -0.1) is 0 Å². The molecule has 5 heteroatoms. The molecule has 0 unspecified atom stereocenters. The number of amides is 1. The van der Waals surface area contributed by atoms with Crippen molar-refractivity contribution in [3.8, 4) is 0 Å². The summed E-state index contributed by atoms with van der Waals surface area (Å²) in [6.45, 7) is 1.22. The highest BCUT2D eigenvalue weighted by Gasteiger charge is 2.19. The number of halogens is 1. The molecule has 1 aromatic rings. The van der Waals surface area contributed by atoms with Crippen LogP contribution in [0, 0.1) is 0 Å². The number of hydrogen-bond acceptors (Lipinski definition) is 3. The number of anilines is 1. The molecular formula is C11H13ClN2O2. The molecule has 1 heterocycles. The molecule has 16 heavy (non-hydrogen) atoms. The number of nitrogens with two attached hydrogens (primary N) is 1. The highest BCUT2D eigenvalue weighted by Crippen LogP contribution is 2.21. The molecule has 1 aliphatic heterocycles. The summed E-state index contributed by atoms with van der Waals surface area (Å²) in [7, 11) is 0. The molecule has 1 fully saturated rings. The Morgan fingerprint density at radius 3 is 2.88 bits per heavy atom. The molecule has 0 saturated carbocycles. The Hall–Kier alpha value is -1.26. The zero-order valence-corrected chi connectivity index (χ0v) is 9.54. The van der Waals surface area contributed by atoms with Crippen molar-refractivity contribution in [3.05, 3.63) is 28.8 Å². The summed E-state index contributed by atoms with van der Waals surface area (Å²) < 4.78 is 0. The quantitative estimate of drug-likeness (QED) is 0.765. The highest BCUT2D eigenvalue weighted by atomic mass is 35.5.